The van der Waals surface area contributed by atoms with Gasteiger partial charge in [-0.2, -0.15) is 0 Å². The van der Waals surface area contributed by atoms with E-state index in [0.717, 1.165) is 17.4 Å². The van der Waals surface area contributed by atoms with Crippen LogP contribution in [0.5, 0.6) is 0 Å². The van der Waals surface area contributed by atoms with Crippen LogP contribution >= 0.6 is 0 Å². The van der Waals surface area contributed by atoms with Crippen molar-refractivity contribution in [1.82, 2.24) is 14.5 Å². The van der Waals surface area contributed by atoms with E-state index in [9.17, 15) is 19.5 Å². The van der Waals surface area contributed by atoms with Crippen LogP contribution in [0.15, 0.2) is 14.4 Å². The molecule has 1 heterocycles. The van der Waals surface area contributed by atoms with E-state index in [1.165, 1.54) is 0 Å². The first-order valence-electron chi connectivity index (χ1n) is 5.73. The number of rotatable bonds is 7. The van der Waals surface area contributed by atoms with Crippen LogP contribution in [0, 0.1) is 0 Å². The van der Waals surface area contributed by atoms with Gasteiger partial charge in [0.25, 0.3) is 0 Å². The van der Waals surface area contributed by atoms with Crippen molar-refractivity contribution in [3.63, 3.8) is 0 Å². The lowest BCUT2D eigenvalue weighted by Gasteiger charge is -2.11. The molecule has 1 aromatic heterocycles. The smallest absolute Gasteiger partial charge is 0.333 e. The minimum absolute atomic E-state index is 0.0327. The summed E-state index contributed by atoms with van der Waals surface area (Å²) < 4.78 is 5.88. The zero-order valence-electron chi connectivity index (χ0n) is 10.1. The van der Waals surface area contributed by atoms with Gasteiger partial charge >= 0.3 is 17.1 Å². The van der Waals surface area contributed by atoms with Gasteiger partial charge in [-0.25, -0.2) is 19.0 Å². The van der Waals surface area contributed by atoms with Gasteiger partial charge in [0, 0.05) is 6.61 Å². The van der Waals surface area contributed by atoms with Gasteiger partial charge in [-0.1, -0.05) is 13.3 Å². The number of H-pyrrole nitrogens is 2. The molecule has 102 valence electrons. The Labute approximate surface area is 102 Å². The third-order valence-corrected chi connectivity index (χ3v) is 2.28. The number of nitrogens with zero attached hydrogens (tertiary/aromatic N) is 1. The minimum atomic E-state index is -0.980. The van der Waals surface area contributed by atoms with Crippen LogP contribution in [-0.4, -0.2) is 39.0 Å². The Balaban J connectivity index is 2.60. The summed E-state index contributed by atoms with van der Waals surface area (Å²) >= 11 is 0. The van der Waals surface area contributed by atoms with Gasteiger partial charge in [0.15, 0.2) is 0 Å². The molecule has 0 aliphatic carbocycles. The quantitative estimate of drug-likeness (QED) is 0.510. The van der Waals surface area contributed by atoms with Crippen molar-refractivity contribution in [3.05, 3.63) is 31.5 Å². The first kappa shape index (κ1) is 14.4. The first-order chi connectivity index (χ1) is 8.54. The van der Waals surface area contributed by atoms with Crippen molar-refractivity contribution in [2.75, 3.05) is 13.2 Å². The lowest BCUT2D eigenvalue weighted by molar-refractivity contribution is 0.0257. The maximum absolute atomic E-state index is 11.3. The van der Waals surface area contributed by atoms with Crippen molar-refractivity contribution in [1.29, 1.82) is 0 Å². The molecule has 18 heavy (non-hydrogen) atoms. The Hall–Kier alpha value is -1.67. The Morgan fingerprint density at radius 3 is 2.44 bits per heavy atom. The lowest BCUT2D eigenvalue weighted by atomic mass is 10.3. The topological polar surface area (TPSA) is 117 Å². The average molecular weight is 259 g/mol. The summed E-state index contributed by atoms with van der Waals surface area (Å²) in [6.07, 6.45) is 0.882. The second kappa shape index (κ2) is 6.92. The number of aliphatic hydroxyl groups excluding tert-OH is 1. The summed E-state index contributed by atoms with van der Waals surface area (Å²) in [5.74, 6) is 0. The fourth-order valence-corrected chi connectivity index (χ4v) is 1.35. The number of hydrogen-bond acceptors (Lipinski definition) is 5. The highest BCUT2D eigenvalue weighted by Crippen LogP contribution is 1.91. The predicted octanol–water partition coefficient (Wildman–Crippen LogP) is -1.60. The van der Waals surface area contributed by atoms with Crippen LogP contribution in [0.4, 0.5) is 0 Å². The standard InChI is InChI=1S/C10H17N3O5/c1-2-3-4-18-6-7(14)5-13-9(16)11-8(15)12-10(13)17/h7,14H,2-6H2,1H3,(H2,11,12,15,16,17). The van der Waals surface area contributed by atoms with E-state index >= 15 is 0 Å². The number of ether oxygens (including phenoxy) is 1. The molecule has 0 radical (unpaired) electrons. The number of aromatic nitrogens is 3. The van der Waals surface area contributed by atoms with Crippen LogP contribution in [-0.2, 0) is 11.3 Å². The SMILES string of the molecule is CCCCOCC(O)Cn1c(=O)[nH]c(=O)[nH]c1=O. The molecular formula is C10H17N3O5. The van der Waals surface area contributed by atoms with Crippen LogP contribution in [0.1, 0.15) is 19.8 Å². The van der Waals surface area contributed by atoms with E-state index in [-0.39, 0.29) is 13.2 Å². The molecule has 0 aromatic carbocycles. The Bertz CT molecular complexity index is 495. The second-order valence-electron chi connectivity index (χ2n) is 3.88. The number of nitrogens with one attached hydrogen (secondary N) is 2. The Morgan fingerprint density at radius 2 is 1.89 bits per heavy atom. The molecular weight excluding hydrogens is 242 g/mol. The summed E-state index contributed by atoms with van der Waals surface area (Å²) in [5, 5.41) is 9.59. The fourth-order valence-electron chi connectivity index (χ4n) is 1.35. The normalized spacial score (nSPS) is 12.6. The minimum Gasteiger partial charge on any atom is -0.389 e. The third kappa shape index (κ3) is 4.30. The maximum atomic E-state index is 11.3. The van der Waals surface area contributed by atoms with Gasteiger partial charge in [-0.15, -0.1) is 0 Å². The van der Waals surface area contributed by atoms with E-state index in [2.05, 4.69) is 0 Å². The fraction of sp³-hybridized carbons (Fsp3) is 0.700. The number of aliphatic hydroxyl groups is 1. The Kier molecular flexibility index (Phi) is 5.53. The first-order valence-corrected chi connectivity index (χ1v) is 5.73. The van der Waals surface area contributed by atoms with E-state index in [1.807, 2.05) is 16.9 Å². The maximum Gasteiger partial charge on any atom is 0.333 e. The molecule has 8 nitrogen and oxygen atoms in total. The summed E-state index contributed by atoms with van der Waals surface area (Å²) in [7, 11) is 0. The molecule has 1 atom stereocenters. The van der Waals surface area contributed by atoms with E-state index in [1.54, 1.807) is 0 Å². The monoisotopic (exact) mass is 259 g/mol. The zero-order valence-corrected chi connectivity index (χ0v) is 10.1. The van der Waals surface area contributed by atoms with Crippen molar-refractivity contribution in [3.8, 4) is 0 Å². The van der Waals surface area contributed by atoms with Gasteiger partial charge in [0.1, 0.15) is 0 Å². The molecule has 3 N–H and O–H groups in total. The van der Waals surface area contributed by atoms with Crippen LogP contribution < -0.4 is 17.1 Å². The van der Waals surface area contributed by atoms with Gasteiger partial charge in [-0.05, 0) is 6.42 Å². The van der Waals surface area contributed by atoms with E-state index in [4.69, 9.17) is 4.74 Å². The third-order valence-electron chi connectivity index (χ3n) is 2.28. The lowest BCUT2D eigenvalue weighted by Crippen LogP contribution is -2.45. The molecule has 0 aliphatic rings. The molecule has 0 saturated carbocycles. The molecule has 0 bridgehead atoms. The Morgan fingerprint density at radius 1 is 1.28 bits per heavy atom. The highest BCUT2D eigenvalue weighted by atomic mass is 16.5. The number of hydrogen-bond donors (Lipinski definition) is 3. The predicted molar refractivity (Wildman–Crippen MR) is 63.7 cm³/mol. The molecule has 0 spiro atoms. The summed E-state index contributed by atoms with van der Waals surface area (Å²) in [4.78, 5) is 37.2. The van der Waals surface area contributed by atoms with Crippen molar-refractivity contribution in [2.24, 2.45) is 0 Å². The highest BCUT2D eigenvalue weighted by Gasteiger charge is 2.10. The van der Waals surface area contributed by atoms with Gasteiger partial charge in [0.2, 0.25) is 0 Å². The van der Waals surface area contributed by atoms with E-state index < -0.39 is 23.2 Å². The molecule has 0 saturated heterocycles. The van der Waals surface area contributed by atoms with Gasteiger partial charge < -0.3 is 9.84 Å². The molecule has 1 unspecified atom stereocenters. The van der Waals surface area contributed by atoms with Crippen molar-refractivity contribution in [2.45, 2.75) is 32.4 Å². The van der Waals surface area contributed by atoms with Gasteiger partial charge in [-0.3, -0.25) is 9.97 Å². The zero-order chi connectivity index (χ0) is 13.5. The van der Waals surface area contributed by atoms with Crippen molar-refractivity contribution >= 4 is 0 Å². The molecule has 1 aromatic rings. The number of aromatic amines is 2. The summed E-state index contributed by atoms with van der Waals surface area (Å²) in [5.41, 5.74) is -2.57. The summed E-state index contributed by atoms with van der Waals surface area (Å²) in [6, 6.07) is 0. The van der Waals surface area contributed by atoms with Crippen LogP contribution in [0.2, 0.25) is 0 Å². The van der Waals surface area contributed by atoms with Crippen molar-refractivity contribution < 1.29 is 9.84 Å². The van der Waals surface area contributed by atoms with E-state index in [0.29, 0.717) is 6.61 Å². The molecule has 8 heteroatoms. The molecule has 1 rings (SSSR count). The largest absolute Gasteiger partial charge is 0.389 e. The average Bonchev–Trinajstić information content (AvgIpc) is 2.29. The molecule has 0 aliphatic heterocycles. The molecule has 0 amide bonds. The van der Waals surface area contributed by atoms with Gasteiger partial charge in [0.05, 0.1) is 19.3 Å². The summed E-state index contributed by atoms with van der Waals surface area (Å²) in [6.45, 7) is 2.34. The van der Waals surface area contributed by atoms with Crippen LogP contribution in [0.25, 0.3) is 0 Å². The molecule has 0 fully saturated rings. The van der Waals surface area contributed by atoms with Crippen LogP contribution in [0.3, 0.4) is 0 Å². The number of unbranched alkanes of at least 4 members (excludes halogenated alkanes) is 1. The second-order valence-corrected chi connectivity index (χ2v) is 3.88. The highest BCUT2D eigenvalue weighted by molar-refractivity contribution is 4.71.